The van der Waals surface area contributed by atoms with Gasteiger partial charge in [0.25, 0.3) is 0 Å². The van der Waals surface area contributed by atoms with E-state index >= 15 is 0 Å². The summed E-state index contributed by atoms with van der Waals surface area (Å²) < 4.78 is 21.4. The Balaban J connectivity index is 2.22. The molecule has 1 saturated carbocycles. The number of carbonyl (C=O) groups is 1. The van der Waals surface area contributed by atoms with Crippen molar-refractivity contribution in [3.8, 4) is 17.2 Å². The number of rotatable bonds is 7. The van der Waals surface area contributed by atoms with Crippen LogP contribution >= 0.6 is 0 Å². The molecule has 24 heavy (non-hydrogen) atoms. The van der Waals surface area contributed by atoms with Crippen molar-refractivity contribution in [2.75, 3.05) is 40.4 Å². The van der Waals surface area contributed by atoms with Gasteiger partial charge in [-0.2, -0.15) is 0 Å². The highest BCUT2D eigenvalue weighted by atomic mass is 16.5. The lowest BCUT2D eigenvalue weighted by atomic mass is 9.77. The molecule has 134 valence electrons. The normalized spacial score (nSPS) is 15.2. The van der Waals surface area contributed by atoms with Crippen molar-refractivity contribution in [2.24, 2.45) is 0 Å². The molecular formula is C17H26N2O5. The van der Waals surface area contributed by atoms with E-state index in [0.29, 0.717) is 29.5 Å². The van der Waals surface area contributed by atoms with Gasteiger partial charge in [-0.05, 0) is 26.2 Å². The third-order valence-corrected chi connectivity index (χ3v) is 4.41. The Morgan fingerprint density at radius 1 is 1.12 bits per heavy atom. The van der Waals surface area contributed by atoms with E-state index in [2.05, 4.69) is 10.6 Å². The Morgan fingerprint density at radius 3 is 2.25 bits per heavy atom. The first-order chi connectivity index (χ1) is 11.5. The van der Waals surface area contributed by atoms with Gasteiger partial charge in [0.15, 0.2) is 11.5 Å². The third-order valence-electron chi connectivity index (χ3n) is 4.41. The number of carbonyl (C=O) groups excluding carboxylic acids is 1. The van der Waals surface area contributed by atoms with E-state index in [-0.39, 0.29) is 11.6 Å². The van der Waals surface area contributed by atoms with Crippen LogP contribution in [0.2, 0.25) is 0 Å². The molecule has 0 bridgehead atoms. The smallest absolute Gasteiger partial charge is 0.319 e. The maximum atomic E-state index is 12.4. The second kappa shape index (κ2) is 7.61. The van der Waals surface area contributed by atoms with Crippen LogP contribution in [0.5, 0.6) is 17.2 Å². The Bertz CT molecular complexity index is 599. The van der Waals surface area contributed by atoms with E-state index in [0.717, 1.165) is 24.8 Å². The predicted molar refractivity (Wildman–Crippen MR) is 91.4 cm³/mol. The van der Waals surface area contributed by atoms with Crippen molar-refractivity contribution in [2.45, 2.75) is 31.7 Å². The molecule has 0 aliphatic heterocycles. The Kier molecular flexibility index (Phi) is 5.77. The molecule has 0 atom stereocenters. The zero-order valence-electron chi connectivity index (χ0n) is 14.9. The molecule has 7 nitrogen and oxygen atoms in total. The van der Waals surface area contributed by atoms with Crippen LogP contribution in [0.1, 0.15) is 24.8 Å². The van der Waals surface area contributed by atoms with E-state index in [1.54, 1.807) is 34.5 Å². The number of amides is 2. The lowest BCUT2D eigenvalue weighted by Crippen LogP contribution is -2.57. The van der Waals surface area contributed by atoms with E-state index < -0.39 is 0 Å². The minimum absolute atomic E-state index is 0.280. The molecule has 0 unspecified atom stereocenters. The summed E-state index contributed by atoms with van der Waals surface area (Å²) in [5.74, 6) is 1.65. The first-order valence-electron chi connectivity index (χ1n) is 7.88. The minimum Gasteiger partial charge on any atom is -0.494 e. The summed E-state index contributed by atoms with van der Waals surface area (Å²) in [6, 6.07) is 1.39. The van der Waals surface area contributed by atoms with E-state index in [1.807, 2.05) is 6.92 Å². The van der Waals surface area contributed by atoms with Crippen LogP contribution in [-0.2, 0) is 4.74 Å². The minimum atomic E-state index is -0.295. The molecule has 0 saturated heterocycles. The molecule has 1 fully saturated rings. The average molecular weight is 338 g/mol. The monoisotopic (exact) mass is 338 g/mol. The lowest BCUT2D eigenvalue weighted by molar-refractivity contribution is 0.0648. The predicted octanol–water partition coefficient (Wildman–Crippen LogP) is 2.71. The largest absolute Gasteiger partial charge is 0.494 e. The highest BCUT2D eigenvalue weighted by molar-refractivity contribution is 5.92. The number of hydrogen-bond acceptors (Lipinski definition) is 5. The molecule has 1 aliphatic carbocycles. The van der Waals surface area contributed by atoms with Crippen molar-refractivity contribution < 1.29 is 23.7 Å². The van der Waals surface area contributed by atoms with Crippen LogP contribution < -0.4 is 24.8 Å². The molecule has 1 aromatic rings. The summed E-state index contributed by atoms with van der Waals surface area (Å²) in [5, 5.41) is 5.86. The van der Waals surface area contributed by atoms with Gasteiger partial charge in [-0.15, -0.1) is 0 Å². The molecule has 1 aliphatic rings. The van der Waals surface area contributed by atoms with Gasteiger partial charge in [0.2, 0.25) is 0 Å². The molecule has 2 N–H and O–H groups in total. The van der Waals surface area contributed by atoms with Gasteiger partial charge in [0.05, 0.1) is 39.2 Å². The standard InChI is InChI=1S/C17H26N2O5/c1-11-14(23-4)12(9-13(22-3)15(11)24-5)18-16(20)19-17(10-21-2)7-6-8-17/h9H,6-8,10H2,1-5H3,(H2,18,19,20). The highest BCUT2D eigenvalue weighted by Crippen LogP contribution is 2.42. The van der Waals surface area contributed by atoms with Gasteiger partial charge in [-0.3, -0.25) is 0 Å². The zero-order chi connectivity index (χ0) is 17.7. The van der Waals surface area contributed by atoms with Gasteiger partial charge >= 0.3 is 6.03 Å². The maximum absolute atomic E-state index is 12.4. The third kappa shape index (κ3) is 3.51. The fraction of sp³-hybridized carbons (Fsp3) is 0.588. The van der Waals surface area contributed by atoms with Crippen LogP contribution in [0.25, 0.3) is 0 Å². The fourth-order valence-electron chi connectivity index (χ4n) is 3.09. The molecule has 0 heterocycles. The quantitative estimate of drug-likeness (QED) is 0.799. The second-order valence-electron chi connectivity index (χ2n) is 5.96. The highest BCUT2D eigenvalue weighted by Gasteiger charge is 2.38. The van der Waals surface area contributed by atoms with Crippen LogP contribution in [0.3, 0.4) is 0 Å². The molecule has 0 radical (unpaired) electrons. The number of methoxy groups -OCH3 is 4. The number of hydrogen-bond donors (Lipinski definition) is 2. The van der Waals surface area contributed by atoms with Crippen LogP contribution in [-0.4, -0.2) is 46.6 Å². The first-order valence-corrected chi connectivity index (χ1v) is 7.88. The van der Waals surface area contributed by atoms with Crippen molar-refractivity contribution >= 4 is 11.7 Å². The lowest BCUT2D eigenvalue weighted by Gasteiger charge is -2.41. The number of nitrogens with one attached hydrogen (secondary N) is 2. The SMILES string of the molecule is COCC1(NC(=O)Nc2cc(OC)c(OC)c(C)c2OC)CCC1. The average Bonchev–Trinajstić information content (AvgIpc) is 2.52. The van der Waals surface area contributed by atoms with Crippen molar-refractivity contribution in [3.63, 3.8) is 0 Å². The molecular weight excluding hydrogens is 312 g/mol. The molecule has 2 rings (SSSR count). The Hall–Kier alpha value is -2.15. The summed E-state index contributed by atoms with van der Waals surface area (Å²) in [5.41, 5.74) is 0.999. The van der Waals surface area contributed by atoms with Crippen LogP contribution in [0.4, 0.5) is 10.5 Å². The summed E-state index contributed by atoms with van der Waals surface area (Å²) in [7, 11) is 6.31. The van der Waals surface area contributed by atoms with Gasteiger partial charge in [0.1, 0.15) is 5.75 Å². The van der Waals surface area contributed by atoms with Crippen molar-refractivity contribution in [1.29, 1.82) is 0 Å². The van der Waals surface area contributed by atoms with E-state index in [4.69, 9.17) is 18.9 Å². The summed E-state index contributed by atoms with van der Waals surface area (Å²) in [4.78, 5) is 12.4. The topological polar surface area (TPSA) is 78.1 Å². The van der Waals surface area contributed by atoms with Gasteiger partial charge < -0.3 is 29.6 Å². The molecule has 0 spiro atoms. The molecule has 1 aromatic carbocycles. The summed E-state index contributed by atoms with van der Waals surface area (Å²) in [6.07, 6.45) is 2.91. The van der Waals surface area contributed by atoms with Crippen LogP contribution in [0.15, 0.2) is 6.07 Å². The second-order valence-corrected chi connectivity index (χ2v) is 5.96. The zero-order valence-corrected chi connectivity index (χ0v) is 14.9. The van der Waals surface area contributed by atoms with E-state index in [1.165, 1.54) is 0 Å². The molecule has 7 heteroatoms. The fourth-order valence-corrected chi connectivity index (χ4v) is 3.09. The molecule has 0 aromatic heterocycles. The Morgan fingerprint density at radius 2 is 1.79 bits per heavy atom. The van der Waals surface area contributed by atoms with E-state index in [9.17, 15) is 4.79 Å². The number of ether oxygens (including phenoxy) is 4. The maximum Gasteiger partial charge on any atom is 0.319 e. The Labute approximate surface area is 142 Å². The van der Waals surface area contributed by atoms with Gasteiger partial charge in [-0.25, -0.2) is 4.79 Å². The van der Waals surface area contributed by atoms with Crippen molar-refractivity contribution in [1.82, 2.24) is 5.32 Å². The van der Waals surface area contributed by atoms with Gasteiger partial charge in [0, 0.05) is 18.7 Å². The van der Waals surface area contributed by atoms with Crippen molar-refractivity contribution in [3.05, 3.63) is 11.6 Å². The number of anilines is 1. The van der Waals surface area contributed by atoms with Gasteiger partial charge in [-0.1, -0.05) is 0 Å². The first kappa shape index (κ1) is 18.2. The molecule has 2 amide bonds. The van der Waals surface area contributed by atoms with Crippen LogP contribution in [0, 0.1) is 6.92 Å². The number of urea groups is 1. The summed E-state index contributed by atoms with van der Waals surface area (Å²) in [6.45, 7) is 2.35. The summed E-state index contributed by atoms with van der Waals surface area (Å²) >= 11 is 0. The number of benzene rings is 1.